The Balaban J connectivity index is 2.08. The average molecular weight is 269 g/mol. The normalized spacial score (nSPS) is 12.9. The van der Waals surface area contributed by atoms with E-state index in [0.29, 0.717) is 0 Å². The van der Waals surface area contributed by atoms with Gasteiger partial charge in [-0.15, -0.1) is 0 Å². The molecule has 0 aliphatic heterocycles. The summed E-state index contributed by atoms with van der Waals surface area (Å²) in [4.78, 5) is 0. The van der Waals surface area contributed by atoms with Crippen molar-refractivity contribution in [2.75, 3.05) is 7.05 Å². The van der Waals surface area contributed by atoms with Crippen LogP contribution >= 0.6 is 0 Å². The highest BCUT2D eigenvalue weighted by atomic mass is 16.3. The van der Waals surface area contributed by atoms with Crippen molar-refractivity contribution in [2.24, 2.45) is 7.05 Å². The molecular weight excluding hydrogens is 250 g/mol. The number of nitrogens with one attached hydrogen (secondary N) is 1. The molecule has 0 amide bonds. The number of benzene rings is 1. The highest BCUT2D eigenvalue weighted by molar-refractivity contribution is 5.78. The van der Waals surface area contributed by atoms with Crippen LogP contribution in [0.4, 0.5) is 0 Å². The Morgan fingerprint density at radius 3 is 2.85 bits per heavy atom. The first-order valence-corrected chi connectivity index (χ1v) is 6.91. The largest absolute Gasteiger partial charge is 0.459 e. The molecule has 1 atom stereocenters. The maximum atomic E-state index is 5.98. The molecule has 2 heterocycles. The standard InChI is InChI=1S/C16H19N3O/c1-4-13-12(10-19(3)18-13)16(17-2)15-9-11-7-5-6-8-14(11)20-15/h5-10,16-17H,4H2,1-3H3. The molecular formula is C16H19N3O. The van der Waals surface area contributed by atoms with Gasteiger partial charge in [0.1, 0.15) is 11.3 Å². The van der Waals surface area contributed by atoms with Crippen molar-refractivity contribution in [3.63, 3.8) is 0 Å². The van der Waals surface area contributed by atoms with Gasteiger partial charge in [-0.05, 0) is 25.6 Å². The molecule has 0 aliphatic rings. The minimum atomic E-state index is 0.0334. The molecule has 4 heteroatoms. The van der Waals surface area contributed by atoms with Crippen LogP contribution in [-0.2, 0) is 13.5 Å². The highest BCUT2D eigenvalue weighted by Gasteiger charge is 2.21. The first kappa shape index (κ1) is 12.9. The van der Waals surface area contributed by atoms with Crippen LogP contribution in [0.1, 0.15) is 30.0 Å². The van der Waals surface area contributed by atoms with Crippen molar-refractivity contribution in [2.45, 2.75) is 19.4 Å². The first-order valence-electron chi connectivity index (χ1n) is 6.91. The topological polar surface area (TPSA) is 43.0 Å². The number of hydrogen-bond acceptors (Lipinski definition) is 3. The van der Waals surface area contributed by atoms with Crippen LogP contribution < -0.4 is 5.32 Å². The molecule has 0 fully saturated rings. The summed E-state index contributed by atoms with van der Waals surface area (Å²) in [6, 6.07) is 10.2. The summed E-state index contributed by atoms with van der Waals surface area (Å²) in [5.41, 5.74) is 3.20. The van der Waals surface area contributed by atoms with Crippen LogP contribution in [0.5, 0.6) is 0 Å². The lowest BCUT2D eigenvalue weighted by atomic mass is 10.0. The lowest BCUT2D eigenvalue weighted by Crippen LogP contribution is -2.17. The molecule has 20 heavy (non-hydrogen) atoms. The van der Waals surface area contributed by atoms with Gasteiger partial charge in [0, 0.05) is 24.2 Å². The Labute approximate surface area is 118 Å². The fraction of sp³-hybridized carbons (Fsp3) is 0.312. The summed E-state index contributed by atoms with van der Waals surface area (Å²) in [7, 11) is 3.90. The second-order valence-corrected chi connectivity index (χ2v) is 4.97. The minimum absolute atomic E-state index is 0.0334. The zero-order valence-electron chi connectivity index (χ0n) is 12.1. The van der Waals surface area contributed by atoms with E-state index in [-0.39, 0.29) is 6.04 Å². The van der Waals surface area contributed by atoms with E-state index in [2.05, 4.69) is 35.7 Å². The van der Waals surface area contributed by atoms with E-state index in [1.54, 1.807) is 0 Å². The van der Waals surface area contributed by atoms with E-state index < -0.39 is 0 Å². The fourth-order valence-corrected chi connectivity index (χ4v) is 2.66. The van der Waals surface area contributed by atoms with Crippen LogP contribution in [0.25, 0.3) is 11.0 Å². The molecule has 0 saturated carbocycles. The van der Waals surface area contributed by atoms with Gasteiger partial charge in [0.2, 0.25) is 0 Å². The molecule has 0 radical (unpaired) electrons. The van der Waals surface area contributed by atoms with Crippen LogP contribution in [0.2, 0.25) is 0 Å². The minimum Gasteiger partial charge on any atom is -0.459 e. The van der Waals surface area contributed by atoms with E-state index in [4.69, 9.17) is 4.42 Å². The van der Waals surface area contributed by atoms with Crippen molar-refractivity contribution in [1.82, 2.24) is 15.1 Å². The number of rotatable bonds is 4. The van der Waals surface area contributed by atoms with Crippen molar-refractivity contribution in [3.8, 4) is 0 Å². The van der Waals surface area contributed by atoms with E-state index in [9.17, 15) is 0 Å². The molecule has 3 rings (SSSR count). The molecule has 2 aromatic heterocycles. The lowest BCUT2D eigenvalue weighted by molar-refractivity contribution is 0.490. The van der Waals surface area contributed by atoms with Gasteiger partial charge in [-0.3, -0.25) is 4.68 Å². The predicted octanol–water partition coefficient (Wildman–Crippen LogP) is 3.04. The summed E-state index contributed by atoms with van der Waals surface area (Å²) in [6.07, 6.45) is 2.97. The average Bonchev–Trinajstić information content (AvgIpc) is 3.03. The molecule has 4 nitrogen and oxygen atoms in total. The van der Waals surface area contributed by atoms with Gasteiger partial charge in [0.25, 0.3) is 0 Å². The summed E-state index contributed by atoms with van der Waals surface area (Å²) in [6.45, 7) is 2.12. The van der Waals surface area contributed by atoms with Gasteiger partial charge < -0.3 is 9.73 Å². The Kier molecular flexibility index (Phi) is 3.32. The van der Waals surface area contributed by atoms with E-state index in [1.807, 2.05) is 37.0 Å². The monoisotopic (exact) mass is 269 g/mol. The summed E-state index contributed by atoms with van der Waals surface area (Å²) in [5, 5.41) is 8.98. The third kappa shape index (κ3) is 2.12. The molecule has 1 unspecified atom stereocenters. The summed E-state index contributed by atoms with van der Waals surface area (Å²) >= 11 is 0. The number of para-hydroxylation sites is 1. The molecule has 0 aliphatic carbocycles. The number of hydrogen-bond donors (Lipinski definition) is 1. The second kappa shape index (κ2) is 5.13. The van der Waals surface area contributed by atoms with Crippen LogP contribution in [-0.4, -0.2) is 16.8 Å². The van der Waals surface area contributed by atoms with E-state index >= 15 is 0 Å². The Morgan fingerprint density at radius 1 is 1.35 bits per heavy atom. The second-order valence-electron chi connectivity index (χ2n) is 4.97. The lowest BCUT2D eigenvalue weighted by Gasteiger charge is -2.13. The van der Waals surface area contributed by atoms with E-state index in [0.717, 1.165) is 28.8 Å². The number of nitrogens with zero attached hydrogens (tertiary/aromatic N) is 2. The Bertz CT molecular complexity index is 693. The zero-order chi connectivity index (χ0) is 14.1. The van der Waals surface area contributed by atoms with Crippen molar-refractivity contribution in [3.05, 3.63) is 53.5 Å². The van der Waals surface area contributed by atoms with Crippen LogP contribution in [0, 0.1) is 0 Å². The highest BCUT2D eigenvalue weighted by Crippen LogP contribution is 2.29. The molecule has 1 aromatic carbocycles. The molecule has 1 N–H and O–H groups in total. The maximum Gasteiger partial charge on any atom is 0.134 e. The number of aryl methyl sites for hydroxylation is 2. The van der Waals surface area contributed by atoms with Gasteiger partial charge in [-0.25, -0.2) is 0 Å². The quantitative estimate of drug-likeness (QED) is 0.791. The molecule has 104 valence electrons. The number of fused-ring (bicyclic) bond motifs is 1. The first-order chi connectivity index (χ1) is 9.72. The molecule has 0 bridgehead atoms. The summed E-state index contributed by atoms with van der Waals surface area (Å²) < 4.78 is 7.85. The van der Waals surface area contributed by atoms with Gasteiger partial charge in [-0.1, -0.05) is 25.1 Å². The van der Waals surface area contributed by atoms with Gasteiger partial charge in [0.15, 0.2) is 0 Å². The molecule has 0 spiro atoms. The molecule has 0 saturated heterocycles. The fourth-order valence-electron chi connectivity index (χ4n) is 2.66. The smallest absolute Gasteiger partial charge is 0.134 e. The third-order valence-corrected chi connectivity index (χ3v) is 3.60. The predicted molar refractivity (Wildman–Crippen MR) is 79.7 cm³/mol. The summed E-state index contributed by atoms with van der Waals surface area (Å²) in [5.74, 6) is 0.927. The number of aromatic nitrogens is 2. The van der Waals surface area contributed by atoms with Crippen molar-refractivity contribution in [1.29, 1.82) is 0 Å². The number of furan rings is 1. The maximum absolute atomic E-state index is 5.98. The van der Waals surface area contributed by atoms with Gasteiger partial charge in [0.05, 0.1) is 11.7 Å². The van der Waals surface area contributed by atoms with Gasteiger partial charge in [-0.2, -0.15) is 5.10 Å². The van der Waals surface area contributed by atoms with Crippen molar-refractivity contribution < 1.29 is 4.42 Å². The zero-order valence-corrected chi connectivity index (χ0v) is 12.1. The van der Waals surface area contributed by atoms with Gasteiger partial charge >= 0.3 is 0 Å². The third-order valence-electron chi connectivity index (χ3n) is 3.60. The Hall–Kier alpha value is -2.07. The molecule has 3 aromatic rings. The Morgan fingerprint density at radius 2 is 2.15 bits per heavy atom. The SMILES string of the molecule is CCc1nn(C)cc1C(NC)c1cc2ccccc2o1. The van der Waals surface area contributed by atoms with E-state index in [1.165, 1.54) is 5.56 Å². The van der Waals surface area contributed by atoms with Crippen LogP contribution in [0.15, 0.2) is 40.9 Å². The van der Waals surface area contributed by atoms with Crippen LogP contribution in [0.3, 0.4) is 0 Å². The van der Waals surface area contributed by atoms with Crippen molar-refractivity contribution >= 4 is 11.0 Å².